The number of fused-ring (bicyclic) bond motifs is 1. The summed E-state index contributed by atoms with van der Waals surface area (Å²) in [5.74, 6) is 0. The molecule has 4 atom stereocenters. The van der Waals surface area contributed by atoms with Crippen molar-refractivity contribution in [2.24, 2.45) is 0 Å². The van der Waals surface area contributed by atoms with Gasteiger partial charge in [-0.25, -0.2) is 4.98 Å². The van der Waals surface area contributed by atoms with Crippen molar-refractivity contribution >= 4 is 22.8 Å². The van der Waals surface area contributed by atoms with Crippen molar-refractivity contribution in [3.05, 3.63) is 24.3 Å². The second-order valence-electron chi connectivity index (χ2n) is 4.69. The predicted molar refractivity (Wildman–Crippen MR) is 74.5 cm³/mol. The molecule has 1 aliphatic heterocycles. The van der Waals surface area contributed by atoms with Gasteiger partial charge < -0.3 is 20.1 Å². The summed E-state index contributed by atoms with van der Waals surface area (Å²) < 4.78 is 7.36. The van der Waals surface area contributed by atoms with Gasteiger partial charge in [0.05, 0.1) is 17.6 Å². The maximum atomic E-state index is 10.2. The molecule has 0 saturated carbocycles. The second-order valence-corrected chi connectivity index (χ2v) is 5.46. The average molecular weight is 296 g/mol. The van der Waals surface area contributed by atoms with E-state index in [0.717, 1.165) is 11.0 Å². The standard InChI is InChI=1S/C13H16N2O4S/c1-20-13-14-7-4-2-3-5-8(7)15(13)12-11(18)10(17)9(6-16)19-12/h2-5,9-12,16-18H,6H2,1H3/t9-,10+,11+,12-/m0/s1. The van der Waals surface area contributed by atoms with E-state index in [1.54, 1.807) is 4.57 Å². The number of imidazole rings is 1. The maximum absolute atomic E-state index is 10.2. The van der Waals surface area contributed by atoms with Crippen LogP contribution in [0.1, 0.15) is 6.23 Å². The third-order valence-electron chi connectivity index (χ3n) is 3.52. The summed E-state index contributed by atoms with van der Waals surface area (Å²) in [6, 6.07) is 7.54. The Hall–Kier alpha value is -1.12. The Balaban J connectivity index is 2.10. The third kappa shape index (κ3) is 2.02. The summed E-state index contributed by atoms with van der Waals surface area (Å²) in [5, 5.41) is 29.9. The van der Waals surface area contributed by atoms with Gasteiger partial charge in [-0.05, 0) is 18.4 Å². The fourth-order valence-corrected chi connectivity index (χ4v) is 3.09. The summed E-state index contributed by atoms with van der Waals surface area (Å²) >= 11 is 1.44. The molecule has 0 aliphatic carbocycles. The maximum Gasteiger partial charge on any atom is 0.170 e. The predicted octanol–water partition coefficient (Wildman–Crippen LogP) is 0.370. The fraction of sp³-hybridized carbons (Fsp3) is 0.462. The summed E-state index contributed by atoms with van der Waals surface area (Å²) in [6.07, 6.45) is -1.86. The van der Waals surface area contributed by atoms with Crippen molar-refractivity contribution < 1.29 is 20.1 Å². The Morgan fingerprint density at radius 1 is 1.30 bits per heavy atom. The van der Waals surface area contributed by atoms with Gasteiger partial charge in [0, 0.05) is 0 Å². The average Bonchev–Trinajstić information content (AvgIpc) is 2.98. The largest absolute Gasteiger partial charge is 0.394 e. The van der Waals surface area contributed by atoms with E-state index in [4.69, 9.17) is 4.74 Å². The molecule has 3 N–H and O–H groups in total. The zero-order valence-electron chi connectivity index (χ0n) is 10.9. The number of rotatable bonds is 3. The molecule has 2 heterocycles. The quantitative estimate of drug-likeness (QED) is 0.709. The van der Waals surface area contributed by atoms with E-state index in [9.17, 15) is 15.3 Å². The first-order chi connectivity index (χ1) is 9.67. The molecule has 108 valence electrons. The molecule has 0 bridgehead atoms. The molecule has 0 radical (unpaired) electrons. The summed E-state index contributed by atoms with van der Waals surface area (Å²) in [6.45, 7) is -0.337. The normalized spacial score (nSPS) is 30.2. The first kappa shape index (κ1) is 13.8. The number of hydrogen-bond acceptors (Lipinski definition) is 6. The highest BCUT2D eigenvalue weighted by atomic mass is 32.2. The lowest BCUT2D eigenvalue weighted by atomic mass is 10.1. The molecule has 2 aromatic rings. The van der Waals surface area contributed by atoms with Crippen LogP contribution in [0.4, 0.5) is 0 Å². The molecule has 1 aromatic carbocycles. The lowest BCUT2D eigenvalue weighted by molar-refractivity contribution is -0.0545. The van der Waals surface area contributed by atoms with Gasteiger partial charge in [0.15, 0.2) is 11.4 Å². The summed E-state index contributed by atoms with van der Waals surface area (Å²) in [4.78, 5) is 4.48. The van der Waals surface area contributed by atoms with Crippen molar-refractivity contribution in [3.63, 3.8) is 0 Å². The van der Waals surface area contributed by atoms with E-state index in [1.807, 2.05) is 30.5 Å². The minimum atomic E-state index is -1.11. The number of benzene rings is 1. The van der Waals surface area contributed by atoms with Crippen LogP contribution in [-0.2, 0) is 4.74 Å². The van der Waals surface area contributed by atoms with Crippen molar-refractivity contribution in [1.82, 2.24) is 9.55 Å². The third-order valence-corrected chi connectivity index (χ3v) is 4.17. The van der Waals surface area contributed by atoms with Crippen LogP contribution in [0.3, 0.4) is 0 Å². The molecular weight excluding hydrogens is 280 g/mol. The minimum absolute atomic E-state index is 0.337. The van der Waals surface area contributed by atoms with E-state index in [1.165, 1.54) is 11.8 Å². The van der Waals surface area contributed by atoms with E-state index in [0.29, 0.717) is 5.16 Å². The number of thioether (sulfide) groups is 1. The Morgan fingerprint density at radius 2 is 2.05 bits per heavy atom. The number of nitrogens with zero attached hydrogens (tertiary/aromatic N) is 2. The van der Waals surface area contributed by atoms with Crippen molar-refractivity contribution in [3.8, 4) is 0 Å². The molecule has 3 rings (SSSR count). The molecular formula is C13H16N2O4S. The summed E-state index contributed by atoms with van der Waals surface area (Å²) in [5.41, 5.74) is 1.63. The molecule has 20 heavy (non-hydrogen) atoms. The van der Waals surface area contributed by atoms with Crippen LogP contribution in [0.15, 0.2) is 29.4 Å². The summed E-state index contributed by atoms with van der Waals surface area (Å²) in [7, 11) is 0. The number of aliphatic hydroxyl groups is 3. The topological polar surface area (TPSA) is 87.7 Å². The van der Waals surface area contributed by atoms with Crippen LogP contribution in [0.5, 0.6) is 0 Å². The van der Waals surface area contributed by atoms with Gasteiger partial charge >= 0.3 is 0 Å². The van der Waals surface area contributed by atoms with Gasteiger partial charge in [-0.1, -0.05) is 23.9 Å². The van der Waals surface area contributed by atoms with E-state index >= 15 is 0 Å². The molecule has 1 aromatic heterocycles. The molecule has 0 spiro atoms. The monoisotopic (exact) mass is 296 g/mol. The first-order valence-electron chi connectivity index (χ1n) is 6.30. The first-order valence-corrected chi connectivity index (χ1v) is 7.53. The van der Waals surface area contributed by atoms with Crippen molar-refractivity contribution in [2.75, 3.05) is 12.9 Å². The molecule has 1 aliphatic rings. The number of aromatic nitrogens is 2. The van der Waals surface area contributed by atoms with E-state index in [-0.39, 0.29) is 6.61 Å². The molecule has 7 heteroatoms. The van der Waals surface area contributed by atoms with Crippen LogP contribution in [0.25, 0.3) is 11.0 Å². The lowest BCUT2D eigenvalue weighted by Gasteiger charge is -2.19. The van der Waals surface area contributed by atoms with Gasteiger partial charge in [0.1, 0.15) is 18.3 Å². The second kappa shape index (κ2) is 5.34. The molecule has 1 fully saturated rings. The number of hydrogen-bond donors (Lipinski definition) is 3. The van der Waals surface area contributed by atoms with Crippen LogP contribution >= 0.6 is 11.8 Å². The van der Waals surface area contributed by atoms with Crippen molar-refractivity contribution in [1.29, 1.82) is 0 Å². The van der Waals surface area contributed by atoms with Gasteiger partial charge in [0.25, 0.3) is 0 Å². The molecule has 1 saturated heterocycles. The van der Waals surface area contributed by atoms with Gasteiger partial charge in [-0.15, -0.1) is 0 Å². The number of ether oxygens (including phenoxy) is 1. The van der Waals surface area contributed by atoms with Crippen LogP contribution in [0, 0.1) is 0 Å². The molecule has 0 unspecified atom stereocenters. The van der Waals surface area contributed by atoms with Crippen LogP contribution in [0.2, 0.25) is 0 Å². The van der Waals surface area contributed by atoms with Crippen LogP contribution < -0.4 is 0 Å². The highest BCUT2D eigenvalue weighted by molar-refractivity contribution is 7.98. The Kier molecular flexibility index (Phi) is 3.70. The Morgan fingerprint density at radius 3 is 2.70 bits per heavy atom. The van der Waals surface area contributed by atoms with Crippen molar-refractivity contribution in [2.45, 2.75) is 29.7 Å². The number of aliphatic hydroxyl groups excluding tert-OH is 3. The Labute approximate surface area is 120 Å². The zero-order chi connectivity index (χ0) is 14.3. The Bertz CT molecular complexity index is 617. The van der Waals surface area contributed by atoms with E-state index in [2.05, 4.69) is 4.98 Å². The highest BCUT2D eigenvalue weighted by Crippen LogP contribution is 2.35. The highest BCUT2D eigenvalue weighted by Gasteiger charge is 2.44. The van der Waals surface area contributed by atoms with E-state index < -0.39 is 24.5 Å². The van der Waals surface area contributed by atoms with Crippen LogP contribution in [-0.4, -0.2) is 56.0 Å². The SMILES string of the molecule is CSc1nc2ccccc2n1[C@H]1O[C@@H](CO)[C@@H](O)[C@H]1O. The number of para-hydroxylation sites is 2. The van der Waals surface area contributed by atoms with Gasteiger partial charge in [0.2, 0.25) is 0 Å². The zero-order valence-corrected chi connectivity index (χ0v) is 11.7. The molecule has 0 amide bonds. The lowest BCUT2D eigenvalue weighted by Crippen LogP contribution is -2.33. The van der Waals surface area contributed by atoms with Gasteiger partial charge in [-0.3, -0.25) is 4.57 Å². The fourth-order valence-electron chi connectivity index (χ4n) is 2.51. The van der Waals surface area contributed by atoms with Gasteiger partial charge in [-0.2, -0.15) is 0 Å². The minimum Gasteiger partial charge on any atom is -0.394 e. The smallest absolute Gasteiger partial charge is 0.170 e. The molecule has 6 nitrogen and oxygen atoms in total.